The minimum atomic E-state index is -0.183. The summed E-state index contributed by atoms with van der Waals surface area (Å²) < 4.78 is 24.4. The molecule has 0 radical (unpaired) electrons. The van der Waals surface area contributed by atoms with Gasteiger partial charge >= 0.3 is 0 Å². The van der Waals surface area contributed by atoms with Gasteiger partial charge in [0.2, 0.25) is 0 Å². The zero-order valence-corrected chi connectivity index (χ0v) is 36.0. The fourth-order valence-corrected chi connectivity index (χ4v) is 9.39. The summed E-state index contributed by atoms with van der Waals surface area (Å²) in [5.41, 5.74) is 9.13. The third kappa shape index (κ3) is 8.59. The Bertz CT molecular complexity index is 2510. The molecule has 308 valence electrons. The normalized spacial score (nSPS) is 15.2. The second-order valence-corrected chi connectivity index (χ2v) is 18.0. The standard InChI is InChI=1S/C48H48N4O6S2/c1-6-49-38-23-44(42(55-4)21-36(38)46(53)51-16-15-33-11-7-9-13-40(33)51)57-26-30-17-31(19-32(18-30)28-60-29-48(2,3)59)27-58-45-24-39-37(22-43(45)56-5)47(54)52-35(25-50-39)20-34-12-8-10-14-41(34)52/h7-14,17-19,21-24,35,50,59H,1,15-16,20,25-29H2,2-5H3. The Morgan fingerprint density at radius 3 is 2.23 bits per heavy atom. The van der Waals surface area contributed by atoms with Gasteiger partial charge in [0.25, 0.3) is 11.8 Å². The Labute approximate surface area is 361 Å². The number of fused-ring (bicyclic) bond motifs is 5. The number of hydrogen-bond donors (Lipinski definition) is 2. The number of aliphatic imine (C=N–C) groups is 1. The minimum Gasteiger partial charge on any atom is -0.493 e. The predicted molar refractivity (Wildman–Crippen MR) is 244 cm³/mol. The highest BCUT2D eigenvalue weighted by atomic mass is 32.2. The van der Waals surface area contributed by atoms with Crippen molar-refractivity contribution in [1.82, 2.24) is 0 Å². The van der Waals surface area contributed by atoms with E-state index in [1.54, 1.807) is 49.1 Å². The lowest BCUT2D eigenvalue weighted by atomic mass is 10.1. The SMILES string of the molecule is C=C=Nc1cc(OCc2cc(COc3cc4c(cc3OC)C(=O)N3c5ccccc5CC3CN4)cc(CSCC(C)(C)S)c2)c(OC)cc1C(=O)N1CCc2ccccc21. The number of nitrogens with zero attached hydrogens (tertiary/aromatic N) is 3. The van der Waals surface area contributed by atoms with Gasteiger partial charge in [-0.05, 0) is 83.4 Å². The largest absolute Gasteiger partial charge is 0.493 e. The quantitative estimate of drug-likeness (QED) is 0.0843. The van der Waals surface area contributed by atoms with Crippen molar-refractivity contribution in [3.63, 3.8) is 0 Å². The molecule has 0 spiro atoms. The van der Waals surface area contributed by atoms with E-state index in [9.17, 15) is 9.59 Å². The summed E-state index contributed by atoms with van der Waals surface area (Å²) in [6.07, 6.45) is 1.58. The number of rotatable bonds is 14. The molecule has 1 atom stereocenters. The van der Waals surface area contributed by atoms with Crippen LogP contribution in [-0.4, -0.2) is 61.5 Å². The second kappa shape index (κ2) is 17.4. The third-order valence-electron chi connectivity index (χ3n) is 10.8. The van der Waals surface area contributed by atoms with Crippen LogP contribution in [0.1, 0.15) is 62.4 Å². The van der Waals surface area contributed by atoms with E-state index in [1.807, 2.05) is 53.4 Å². The molecule has 0 aliphatic carbocycles. The van der Waals surface area contributed by atoms with Gasteiger partial charge in [-0.2, -0.15) is 24.4 Å². The van der Waals surface area contributed by atoms with Crippen molar-refractivity contribution < 1.29 is 28.5 Å². The predicted octanol–water partition coefficient (Wildman–Crippen LogP) is 9.49. The van der Waals surface area contributed by atoms with Crippen molar-refractivity contribution >= 4 is 64.8 Å². The molecule has 3 heterocycles. The number of ether oxygens (including phenoxy) is 4. The number of carbonyl (C=O) groups is 2. The first-order valence-electron chi connectivity index (χ1n) is 19.9. The maximum atomic E-state index is 14.0. The molecule has 1 unspecified atom stereocenters. The second-order valence-electron chi connectivity index (χ2n) is 15.8. The Hall–Kier alpha value is -5.81. The van der Waals surface area contributed by atoms with E-state index in [0.29, 0.717) is 58.6 Å². The van der Waals surface area contributed by atoms with E-state index < -0.39 is 0 Å². The zero-order chi connectivity index (χ0) is 42.0. The number of nitrogens with one attached hydrogen (secondary N) is 1. The van der Waals surface area contributed by atoms with Gasteiger partial charge < -0.3 is 34.1 Å². The molecule has 2 amide bonds. The number of benzene rings is 5. The monoisotopic (exact) mass is 840 g/mol. The topological polar surface area (TPSA) is 102 Å². The molecule has 8 rings (SSSR count). The van der Waals surface area contributed by atoms with E-state index in [4.69, 9.17) is 31.6 Å². The number of para-hydroxylation sites is 2. The van der Waals surface area contributed by atoms with Crippen LogP contribution in [0.15, 0.2) is 103 Å². The van der Waals surface area contributed by atoms with Crippen molar-refractivity contribution in [2.75, 3.05) is 48.2 Å². The average Bonchev–Trinajstić information content (AvgIpc) is 3.81. The van der Waals surface area contributed by atoms with Crippen LogP contribution in [0.3, 0.4) is 0 Å². The number of anilines is 3. The van der Waals surface area contributed by atoms with Gasteiger partial charge in [0.15, 0.2) is 23.0 Å². The molecule has 60 heavy (non-hydrogen) atoms. The van der Waals surface area contributed by atoms with E-state index in [-0.39, 0.29) is 35.8 Å². The molecule has 0 bridgehead atoms. The minimum absolute atomic E-state index is 0.0156. The van der Waals surface area contributed by atoms with Crippen molar-refractivity contribution in [3.8, 4) is 23.0 Å². The summed E-state index contributed by atoms with van der Waals surface area (Å²) in [4.78, 5) is 36.0. The van der Waals surface area contributed by atoms with Crippen LogP contribution in [0.5, 0.6) is 23.0 Å². The van der Waals surface area contributed by atoms with Gasteiger partial charge in [-0.15, -0.1) is 0 Å². The molecule has 10 nitrogen and oxygen atoms in total. The van der Waals surface area contributed by atoms with Crippen molar-refractivity contribution in [3.05, 3.63) is 137 Å². The summed E-state index contributed by atoms with van der Waals surface area (Å²) in [7, 11) is 3.14. The summed E-state index contributed by atoms with van der Waals surface area (Å²) in [5, 5.41) is 3.52. The molecule has 5 aromatic rings. The van der Waals surface area contributed by atoms with Crippen LogP contribution in [0.2, 0.25) is 0 Å². The summed E-state index contributed by atoms with van der Waals surface area (Å²) in [6, 6.07) is 29.4. The maximum absolute atomic E-state index is 14.0. The number of carbonyl (C=O) groups excluding carboxylic acids is 2. The molecule has 0 aromatic heterocycles. The van der Waals surface area contributed by atoms with Crippen LogP contribution >= 0.6 is 24.4 Å². The highest BCUT2D eigenvalue weighted by molar-refractivity contribution is 7.99. The lowest BCUT2D eigenvalue weighted by molar-refractivity contribution is 0.0978. The molecule has 12 heteroatoms. The molecule has 0 saturated carbocycles. The summed E-state index contributed by atoms with van der Waals surface area (Å²) in [6.45, 7) is 9.53. The van der Waals surface area contributed by atoms with E-state index in [1.165, 1.54) is 5.56 Å². The van der Waals surface area contributed by atoms with Crippen molar-refractivity contribution in [2.24, 2.45) is 4.99 Å². The molecular formula is C48H48N4O6S2. The third-order valence-corrected chi connectivity index (χ3v) is 12.7. The van der Waals surface area contributed by atoms with Gasteiger partial charge in [0, 0.05) is 52.8 Å². The van der Waals surface area contributed by atoms with Gasteiger partial charge in [-0.25, -0.2) is 4.99 Å². The number of hydrogen-bond acceptors (Lipinski definition) is 10. The lowest BCUT2D eigenvalue weighted by Crippen LogP contribution is -2.39. The van der Waals surface area contributed by atoms with Crippen molar-refractivity contribution in [2.45, 2.75) is 56.4 Å². The molecule has 1 N–H and O–H groups in total. The van der Waals surface area contributed by atoms with Crippen LogP contribution < -0.4 is 34.1 Å². The van der Waals surface area contributed by atoms with E-state index >= 15 is 0 Å². The van der Waals surface area contributed by atoms with E-state index in [0.717, 1.165) is 58.0 Å². The fourth-order valence-electron chi connectivity index (χ4n) is 8.11. The van der Waals surface area contributed by atoms with Crippen LogP contribution in [0.25, 0.3) is 0 Å². The highest BCUT2D eigenvalue weighted by Gasteiger charge is 2.38. The Morgan fingerprint density at radius 2 is 1.53 bits per heavy atom. The van der Waals surface area contributed by atoms with Crippen LogP contribution in [0, 0.1) is 0 Å². The molecule has 5 aromatic carbocycles. The lowest BCUT2D eigenvalue weighted by Gasteiger charge is -2.22. The molecular weight excluding hydrogens is 793 g/mol. The highest BCUT2D eigenvalue weighted by Crippen LogP contribution is 2.42. The first-order valence-corrected chi connectivity index (χ1v) is 21.5. The van der Waals surface area contributed by atoms with Crippen LogP contribution in [0.4, 0.5) is 22.7 Å². The molecule has 0 fully saturated rings. The molecule has 3 aliphatic rings. The maximum Gasteiger partial charge on any atom is 0.260 e. The Morgan fingerprint density at radius 1 is 0.883 bits per heavy atom. The zero-order valence-electron chi connectivity index (χ0n) is 34.2. The number of methoxy groups -OCH3 is 2. The fraction of sp³-hybridized carbons (Fsp3) is 0.292. The number of thiol groups is 1. The Balaban J connectivity index is 1.04. The Kier molecular flexibility index (Phi) is 11.9. The smallest absolute Gasteiger partial charge is 0.260 e. The molecule has 3 aliphatic heterocycles. The van der Waals surface area contributed by atoms with Gasteiger partial charge in [0.1, 0.15) is 13.2 Å². The first-order chi connectivity index (χ1) is 29.0. The molecule has 0 saturated heterocycles. The van der Waals surface area contributed by atoms with Gasteiger partial charge in [-0.1, -0.05) is 62.4 Å². The van der Waals surface area contributed by atoms with Crippen LogP contribution in [-0.2, 0) is 31.8 Å². The number of thioether (sulfide) groups is 1. The van der Waals surface area contributed by atoms with Gasteiger partial charge in [0.05, 0.1) is 42.8 Å². The summed E-state index contributed by atoms with van der Waals surface area (Å²) in [5.74, 6) is 5.82. The number of amides is 2. The van der Waals surface area contributed by atoms with Gasteiger partial charge in [-0.3, -0.25) is 9.59 Å². The first kappa shape index (κ1) is 40.9. The average molecular weight is 841 g/mol. The van der Waals surface area contributed by atoms with Crippen molar-refractivity contribution in [1.29, 1.82) is 0 Å². The van der Waals surface area contributed by atoms with E-state index in [2.05, 4.69) is 60.9 Å². The summed E-state index contributed by atoms with van der Waals surface area (Å²) >= 11 is 6.54.